The molecule has 0 saturated heterocycles. The van der Waals surface area contributed by atoms with Crippen molar-refractivity contribution in [1.82, 2.24) is 5.32 Å². The highest BCUT2D eigenvalue weighted by molar-refractivity contribution is 5.71. The third-order valence-corrected chi connectivity index (χ3v) is 1.98. The lowest BCUT2D eigenvalue weighted by molar-refractivity contribution is -0.139. The minimum absolute atomic E-state index is 0.136. The molecule has 0 aromatic heterocycles. The minimum atomic E-state index is -0.274. The number of hydrogen-bond acceptors (Lipinski definition) is 4. The van der Waals surface area contributed by atoms with Crippen LogP contribution < -0.4 is 5.32 Å². The monoisotopic (exact) mass is 189 g/mol. The molecule has 1 unspecified atom stereocenters. The van der Waals surface area contributed by atoms with Crippen LogP contribution in [0, 0.1) is 5.92 Å². The van der Waals surface area contributed by atoms with Crippen LogP contribution in [0.25, 0.3) is 0 Å². The van der Waals surface area contributed by atoms with E-state index in [1.54, 1.807) is 0 Å². The number of esters is 1. The van der Waals surface area contributed by atoms with Gasteiger partial charge in [-0.2, -0.15) is 0 Å². The first-order chi connectivity index (χ1) is 6.11. The molecule has 4 nitrogen and oxygen atoms in total. The molecular weight excluding hydrogens is 170 g/mol. The zero-order valence-corrected chi connectivity index (χ0v) is 8.54. The van der Waals surface area contributed by atoms with Gasteiger partial charge in [-0.25, -0.2) is 0 Å². The first-order valence-electron chi connectivity index (χ1n) is 4.52. The summed E-state index contributed by atoms with van der Waals surface area (Å²) in [5.41, 5.74) is 0. The van der Waals surface area contributed by atoms with Gasteiger partial charge in [-0.15, -0.1) is 0 Å². The van der Waals surface area contributed by atoms with Crippen LogP contribution in [0.3, 0.4) is 0 Å². The van der Waals surface area contributed by atoms with Gasteiger partial charge in [0, 0.05) is 12.6 Å². The highest BCUT2D eigenvalue weighted by atomic mass is 16.5. The summed E-state index contributed by atoms with van der Waals surface area (Å²) in [6.07, 6.45) is 0.661. The van der Waals surface area contributed by atoms with E-state index in [0.29, 0.717) is 12.3 Å². The van der Waals surface area contributed by atoms with E-state index >= 15 is 0 Å². The van der Waals surface area contributed by atoms with Crippen LogP contribution in [-0.2, 0) is 9.53 Å². The van der Waals surface area contributed by atoms with Crippen molar-refractivity contribution >= 4 is 5.97 Å². The van der Waals surface area contributed by atoms with Crippen molar-refractivity contribution in [3.05, 3.63) is 0 Å². The fourth-order valence-corrected chi connectivity index (χ4v) is 1.10. The van der Waals surface area contributed by atoms with Gasteiger partial charge in [-0.1, -0.05) is 13.8 Å². The lowest BCUT2D eigenvalue weighted by atomic mass is 10.0. The van der Waals surface area contributed by atoms with Gasteiger partial charge in [0.1, 0.15) is 0 Å². The van der Waals surface area contributed by atoms with Crippen molar-refractivity contribution in [3.63, 3.8) is 0 Å². The molecule has 78 valence electrons. The molecule has 0 aliphatic carbocycles. The molecule has 0 saturated carbocycles. The predicted octanol–water partition coefficient (Wildman–Crippen LogP) is 0.156. The maximum absolute atomic E-state index is 10.8. The summed E-state index contributed by atoms with van der Waals surface area (Å²) in [4.78, 5) is 10.8. The smallest absolute Gasteiger partial charge is 0.319 e. The molecule has 4 heteroatoms. The molecule has 13 heavy (non-hydrogen) atoms. The number of ether oxygens (including phenoxy) is 1. The molecule has 0 amide bonds. The summed E-state index contributed by atoms with van der Waals surface area (Å²) in [5, 5.41) is 11.8. The Bertz CT molecular complexity index is 148. The van der Waals surface area contributed by atoms with Gasteiger partial charge in [0.25, 0.3) is 0 Å². The normalized spacial score (nSPS) is 13.0. The Balaban J connectivity index is 3.75. The second-order valence-electron chi connectivity index (χ2n) is 3.32. The highest BCUT2D eigenvalue weighted by Gasteiger charge is 2.13. The number of aliphatic hydroxyl groups is 1. The molecule has 0 rings (SSSR count). The van der Waals surface area contributed by atoms with Crippen molar-refractivity contribution in [2.24, 2.45) is 5.92 Å². The molecule has 0 heterocycles. The predicted molar refractivity (Wildman–Crippen MR) is 50.3 cm³/mol. The molecule has 2 N–H and O–H groups in total. The second-order valence-corrected chi connectivity index (χ2v) is 3.32. The summed E-state index contributed by atoms with van der Waals surface area (Å²) in [6, 6.07) is 0.170. The number of aliphatic hydroxyl groups excluding tert-OH is 1. The van der Waals surface area contributed by atoms with E-state index < -0.39 is 0 Å². The Hall–Kier alpha value is -0.610. The standard InChI is InChI=1S/C9H19NO3/c1-7(2)8(4-5-11)10-6-9(12)13-3/h7-8,10-11H,4-6H2,1-3H3. The average Bonchev–Trinajstić information content (AvgIpc) is 2.11. The fourth-order valence-electron chi connectivity index (χ4n) is 1.10. The molecule has 0 aromatic carbocycles. The summed E-state index contributed by atoms with van der Waals surface area (Å²) < 4.78 is 4.49. The molecule has 0 aromatic rings. The molecule has 0 aliphatic heterocycles. The average molecular weight is 189 g/mol. The van der Waals surface area contributed by atoms with Gasteiger partial charge >= 0.3 is 5.97 Å². The van der Waals surface area contributed by atoms with E-state index in [1.807, 2.05) is 13.8 Å². The van der Waals surface area contributed by atoms with Gasteiger partial charge < -0.3 is 15.2 Å². The van der Waals surface area contributed by atoms with E-state index in [1.165, 1.54) is 7.11 Å². The van der Waals surface area contributed by atoms with E-state index in [0.717, 1.165) is 0 Å². The fraction of sp³-hybridized carbons (Fsp3) is 0.889. The Labute approximate surface area is 79.3 Å². The zero-order chi connectivity index (χ0) is 10.3. The third kappa shape index (κ3) is 5.60. The van der Waals surface area contributed by atoms with Gasteiger partial charge in [0.2, 0.25) is 0 Å². The topological polar surface area (TPSA) is 58.6 Å². The second kappa shape index (κ2) is 6.86. The van der Waals surface area contributed by atoms with Crippen LogP contribution in [0.15, 0.2) is 0 Å². The Morgan fingerprint density at radius 1 is 1.54 bits per heavy atom. The zero-order valence-electron chi connectivity index (χ0n) is 8.54. The Morgan fingerprint density at radius 3 is 2.54 bits per heavy atom. The van der Waals surface area contributed by atoms with Crippen molar-refractivity contribution in [3.8, 4) is 0 Å². The Kier molecular flexibility index (Phi) is 6.54. The van der Waals surface area contributed by atoms with Crippen LogP contribution in [0.2, 0.25) is 0 Å². The molecule has 0 fully saturated rings. The lowest BCUT2D eigenvalue weighted by Gasteiger charge is -2.20. The first kappa shape index (κ1) is 12.4. The molecule has 0 bridgehead atoms. The van der Waals surface area contributed by atoms with Crippen LogP contribution in [-0.4, -0.2) is 37.4 Å². The van der Waals surface area contributed by atoms with Crippen LogP contribution in [0.4, 0.5) is 0 Å². The maximum atomic E-state index is 10.8. The minimum Gasteiger partial charge on any atom is -0.468 e. The first-order valence-corrected chi connectivity index (χ1v) is 4.52. The van der Waals surface area contributed by atoms with Crippen molar-refractivity contribution < 1.29 is 14.6 Å². The number of carbonyl (C=O) groups is 1. The molecule has 0 radical (unpaired) electrons. The lowest BCUT2D eigenvalue weighted by Crippen LogP contribution is -2.38. The molecule has 0 spiro atoms. The summed E-state index contributed by atoms with van der Waals surface area (Å²) in [5.74, 6) is 0.125. The van der Waals surface area contributed by atoms with Crippen molar-refractivity contribution in [1.29, 1.82) is 0 Å². The van der Waals surface area contributed by atoms with E-state index in [9.17, 15) is 4.79 Å². The van der Waals surface area contributed by atoms with Crippen molar-refractivity contribution in [2.45, 2.75) is 26.3 Å². The van der Waals surface area contributed by atoms with Gasteiger partial charge in [0.05, 0.1) is 13.7 Å². The SMILES string of the molecule is COC(=O)CNC(CCO)C(C)C. The van der Waals surface area contributed by atoms with Gasteiger partial charge in [-0.3, -0.25) is 4.79 Å². The van der Waals surface area contributed by atoms with Crippen LogP contribution in [0.1, 0.15) is 20.3 Å². The summed E-state index contributed by atoms with van der Waals surface area (Å²) in [7, 11) is 1.36. The van der Waals surface area contributed by atoms with Gasteiger partial charge in [-0.05, 0) is 12.3 Å². The van der Waals surface area contributed by atoms with E-state index in [4.69, 9.17) is 5.11 Å². The summed E-state index contributed by atoms with van der Waals surface area (Å²) >= 11 is 0. The van der Waals surface area contributed by atoms with Crippen LogP contribution in [0.5, 0.6) is 0 Å². The number of carbonyl (C=O) groups excluding carboxylic acids is 1. The highest BCUT2D eigenvalue weighted by Crippen LogP contribution is 2.04. The largest absolute Gasteiger partial charge is 0.468 e. The number of methoxy groups -OCH3 is 1. The van der Waals surface area contributed by atoms with E-state index in [2.05, 4.69) is 10.1 Å². The molecular formula is C9H19NO3. The van der Waals surface area contributed by atoms with E-state index in [-0.39, 0.29) is 25.2 Å². The number of nitrogens with one attached hydrogen (secondary N) is 1. The summed E-state index contributed by atoms with van der Waals surface area (Å²) in [6.45, 7) is 4.44. The van der Waals surface area contributed by atoms with Crippen molar-refractivity contribution in [2.75, 3.05) is 20.3 Å². The third-order valence-electron chi connectivity index (χ3n) is 1.98. The molecule has 0 aliphatic rings. The number of hydrogen-bond donors (Lipinski definition) is 2. The number of rotatable bonds is 6. The molecule has 1 atom stereocenters. The Morgan fingerprint density at radius 2 is 2.15 bits per heavy atom. The maximum Gasteiger partial charge on any atom is 0.319 e. The van der Waals surface area contributed by atoms with Gasteiger partial charge in [0.15, 0.2) is 0 Å². The quantitative estimate of drug-likeness (QED) is 0.584. The van der Waals surface area contributed by atoms with Crippen LogP contribution >= 0.6 is 0 Å².